The maximum Gasteiger partial charge on any atom is 0.271 e. The molecule has 24 heavy (non-hydrogen) atoms. The number of thiazole rings is 1. The maximum atomic E-state index is 12.0. The number of carbonyl (C=O) groups excluding carboxylic acids is 1. The Hall–Kier alpha value is -2.48. The van der Waals surface area contributed by atoms with Crippen LogP contribution in [0.15, 0.2) is 17.5 Å². The Bertz CT molecular complexity index is 718. The molecule has 0 spiro atoms. The van der Waals surface area contributed by atoms with E-state index in [0.717, 1.165) is 18.5 Å². The first-order valence-electron chi connectivity index (χ1n) is 7.48. The van der Waals surface area contributed by atoms with Gasteiger partial charge < -0.3 is 24.8 Å². The number of methoxy groups -OCH3 is 3. The minimum absolute atomic E-state index is 0.133. The molecule has 0 saturated heterocycles. The van der Waals surface area contributed by atoms with E-state index in [-0.39, 0.29) is 5.91 Å². The summed E-state index contributed by atoms with van der Waals surface area (Å²) in [5.41, 5.74) is 1.15. The number of nitrogens with zero attached hydrogens (tertiary/aromatic N) is 1. The number of amides is 1. The van der Waals surface area contributed by atoms with Crippen LogP contribution in [-0.4, -0.2) is 38.3 Å². The van der Waals surface area contributed by atoms with Crippen LogP contribution in [0, 0.1) is 0 Å². The second kappa shape index (κ2) is 6.96. The van der Waals surface area contributed by atoms with Gasteiger partial charge in [0, 0.05) is 29.2 Å². The van der Waals surface area contributed by atoms with E-state index in [2.05, 4.69) is 15.6 Å². The first-order valence-corrected chi connectivity index (χ1v) is 8.36. The standard InChI is InChI=1S/C16H19N3O4S/c1-21-12-6-10(7-13(22-2)14(12)23-3)18-16-19-11(8-24-16)15(20)17-9-4-5-9/h6-9H,4-5H2,1-3H3,(H,17,20)(H,18,19). The fourth-order valence-corrected chi connectivity index (χ4v) is 2.91. The molecule has 2 aromatic rings. The molecule has 1 aliphatic rings. The highest BCUT2D eigenvalue weighted by atomic mass is 32.1. The van der Waals surface area contributed by atoms with Crippen molar-refractivity contribution in [2.45, 2.75) is 18.9 Å². The minimum atomic E-state index is -0.133. The molecular formula is C16H19N3O4S. The molecule has 1 fully saturated rings. The van der Waals surface area contributed by atoms with E-state index in [4.69, 9.17) is 14.2 Å². The van der Waals surface area contributed by atoms with Crippen LogP contribution in [-0.2, 0) is 0 Å². The summed E-state index contributed by atoms with van der Waals surface area (Å²) >= 11 is 1.36. The van der Waals surface area contributed by atoms with E-state index in [9.17, 15) is 4.79 Å². The summed E-state index contributed by atoms with van der Waals surface area (Å²) in [4.78, 5) is 16.3. The van der Waals surface area contributed by atoms with E-state index in [1.165, 1.54) is 11.3 Å². The molecule has 1 aliphatic carbocycles. The number of nitrogens with one attached hydrogen (secondary N) is 2. The Morgan fingerprint density at radius 2 is 1.83 bits per heavy atom. The minimum Gasteiger partial charge on any atom is -0.493 e. The maximum absolute atomic E-state index is 12.0. The molecule has 2 N–H and O–H groups in total. The van der Waals surface area contributed by atoms with Crippen molar-refractivity contribution in [3.63, 3.8) is 0 Å². The van der Waals surface area contributed by atoms with Crippen molar-refractivity contribution in [1.29, 1.82) is 0 Å². The molecule has 128 valence electrons. The average molecular weight is 349 g/mol. The van der Waals surface area contributed by atoms with Gasteiger partial charge in [-0.1, -0.05) is 0 Å². The van der Waals surface area contributed by atoms with Gasteiger partial charge in [-0.3, -0.25) is 4.79 Å². The lowest BCUT2D eigenvalue weighted by molar-refractivity contribution is 0.0947. The molecule has 3 rings (SSSR count). The fourth-order valence-electron chi connectivity index (χ4n) is 2.20. The molecule has 0 atom stereocenters. The molecular weight excluding hydrogens is 330 g/mol. The zero-order chi connectivity index (χ0) is 17.1. The molecule has 0 unspecified atom stereocenters. The molecule has 1 heterocycles. The topological polar surface area (TPSA) is 81.7 Å². The number of rotatable bonds is 7. The van der Waals surface area contributed by atoms with Crippen molar-refractivity contribution in [3.8, 4) is 17.2 Å². The largest absolute Gasteiger partial charge is 0.493 e. The number of anilines is 2. The summed E-state index contributed by atoms with van der Waals surface area (Å²) < 4.78 is 15.9. The third-order valence-corrected chi connectivity index (χ3v) is 4.32. The quantitative estimate of drug-likeness (QED) is 0.800. The van der Waals surface area contributed by atoms with Crippen molar-refractivity contribution in [2.75, 3.05) is 26.6 Å². The first-order chi connectivity index (χ1) is 11.6. The van der Waals surface area contributed by atoms with Gasteiger partial charge in [-0.2, -0.15) is 0 Å². The van der Waals surface area contributed by atoms with Gasteiger partial charge in [0.1, 0.15) is 5.69 Å². The molecule has 1 amide bonds. The number of carbonyl (C=O) groups is 1. The van der Waals surface area contributed by atoms with Gasteiger partial charge in [-0.25, -0.2) is 4.98 Å². The van der Waals surface area contributed by atoms with Crippen molar-refractivity contribution in [3.05, 3.63) is 23.2 Å². The fraction of sp³-hybridized carbons (Fsp3) is 0.375. The number of hydrogen-bond acceptors (Lipinski definition) is 7. The van der Waals surface area contributed by atoms with Gasteiger partial charge in [-0.15, -0.1) is 11.3 Å². The van der Waals surface area contributed by atoms with Crippen molar-refractivity contribution < 1.29 is 19.0 Å². The second-order valence-corrected chi connectivity index (χ2v) is 6.18. The molecule has 0 bridgehead atoms. The van der Waals surface area contributed by atoms with Crippen LogP contribution in [0.3, 0.4) is 0 Å². The number of hydrogen-bond donors (Lipinski definition) is 2. The predicted octanol–water partition coefficient (Wildman–Crippen LogP) is 2.80. The number of benzene rings is 1. The van der Waals surface area contributed by atoms with Gasteiger partial charge in [0.05, 0.1) is 21.3 Å². The van der Waals surface area contributed by atoms with Crippen LogP contribution in [0.2, 0.25) is 0 Å². The molecule has 1 aromatic carbocycles. The summed E-state index contributed by atoms with van der Waals surface area (Å²) in [5.74, 6) is 1.48. The van der Waals surface area contributed by atoms with E-state index in [1.54, 1.807) is 38.8 Å². The Kier molecular flexibility index (Phi) is 4.75. The van der Waals surface area contributed by atoms with Gasteiger partial charge in [0.15, 0.2) is 16.6 Å². The van der Waals surface area contributed by atoms with E-state index in [1.807, 2.05) is 0 Å². The Balaban J connectivity index is 1.78. The zero-order valence-corrected chi connectivity index (χ0v) is 14.5. The molecule has 0 radical (unpaired) electrons. The SMILES string of the molecule is COc1cc(Nc2nc(C(=O)NC3CC3)cs2)cc(OC)c1OC. The summed E-state index contributed by atoms with van der Waals surface area (Å²) in [6.07, 6.45) is 2.10. The first kappa shape index (κ1) is 16.4. The third-order valence-electron chi connectivity index (χ3n) is 3.57. The van der Waals surface area contributed by atoms with Gasteiger partial charge in [0.2, 0.25) is 5.75 Å². The van der Waals surface area contributed by atoms with E-state index < -0.39 is 0 Å². The van der Waals surface area contributed by atoms with E-state index >= 15 is 0 Å². The lowest BCUT2D eigenvalue weighted by Gasteiger charge is -2.14. The van der Waals surface area contributed by atoms with Crippen LogP contribution in [0.25, 0.3) is 0 Å². The predicted molar refractivity (Wildman–Crippen MR) is 92.0 cm³/mol. The number of aromatic nitrogens is 1. The highest BCUT2D eigenvalue weighted by Crippen LogP contribution is 2.40. The summed E-state index contributed by atoms with van der Waals surface area (Å²) in [6.45, 7) is 0. The third kappa shape index (κ3) is 3.53. The summed E-state index contributed by atoms with van der Waals surface area (Å²) in [7, 11) is 4.68. The lowest BCUT2D eigenvalue weighted by atomic mass is 10.2. The Morgan fingerprint density at radius 3 is 2.38 bits per heavy atom. The monoisotopic (exact) mass is 349 g/mol. The zero-order valence-electron chi connectivity index (χ0n) is 13.7. The normalized spacial score (nSPS) is 13.3. The smallest absolute Gasteiger partial charge is 0.271 e. The van der Waals surface area contributed by atoms with Gasteiger partial charge in [-0.05, 0) is 12.8 Å². The van der Waals surface area contributed by atoms with E-state index in [0.29, 0.717) is 34.1 Å². The molecule has 1 aromatic heterocycles. The van der Waals surface area contributed by atoms with Crippen LogP contribution in [0.1, 0.15) is 23.3 Å². The van der Waals surface area contributed by atoms with Crippen LogP contribution in [0.5, 0.6) is 17.2 Å². The molecule has 1 saturated carbocycles. The molecule has 8 heteroatoms. The molecule has 7 nitrogen and oxygen atoms in total. The highest BCUT2D eigenvalue weighted by molar-refractivity contribution is 7.14. The Labute approximate surface area is 143 Å². The van der Waals surface area contributed by atoms with Crippen LogP contribution >= 0.6 is 11.3 Å². The van der Waals surface area contributed by atoms with Crippen LogP contribution in [0.4, 0.5) is 10.8 Å². The summed E-state index contributed by atoms with van der Waals surface area (Å²) in [5, 5.41) is 8.43. The van der Waals surface area contributed by atoms with Crippen molar-refractivity contribution in [1.82, 2.24) is 10.3 Å². The van der Waals surface area contributed by atoms with Crippen molar-refractivity contribution in [2.24, 2.45) is 0 Å². The second-order valence-electron chi connectivity index (χ2n) is 5.32. The van der Waals surface area contributed by atoms with Crippen LogP contribution < -0.4 is 24.8 Å². The van der Waals surface area contributed by atoms with Gasteiger partial charge in [0.25, 0.3) is 5.91 Å². The highest BCUT2D eigenvalue weighted by Gasteiger charge is 2.25. The average Bonchev–Trinajstić information content (AvgIpc) is 3.28. The number of ether oxygens (including phenoxy) is 3. The lowest BCUT2D eigenvalue weighted by Crippen LogP contribution is -2.25. The Morgan fingerprint density at radius 1 is 1.17 bits per heavy atom. The molecule has 0 aliphatic heterocycles. The van der Waals surface area contributed by atoms with Gasteiger partial charge >= 0.3 is 0 Å². The van der Waals surface area contributed by atoms with Crippen molar-refractivity contribution >= 4 is 28.1 Å². The summed E-state index contributed by atoms with van der Waals surface area (Å²) in [6, 6.07) is 3.88.